The molecule has 4 amide bonds. The maximum atomic E-state index is 14.4. The summed E-state index contributed by atoms with van der Waals surface area (Å²) in [7, 11) is 4.27. The van der Waals surface area contributed by atoms with E-state index in [-0.39, 0.29) is 136 Å². The third-order valence-electron chi connectivity index (χ3n) is 21.8. The zero-order valence-electron chi connectivity index (χ0n) is 67.9. The molecular weight excluding hydrogens is 1440 g/mol. The summed E-state index contributed by atoms with van der Waals surface area (Å²) in [4.78, 5) is 158. The number of nitrogens with zero attached hydrogens (tertiary/aromatic N) is 4. The maximum absolute atomic E-state index is 14.4. The van der Waals surface area contributed by atoms with Crippen molar-refractivity contribution >= 4 is 76.7 Å². The van der Waals surface area contributed by atoms with Crippen LogP contribution in [0.15, 0.2) is 58.8 Å². The van der Waals surface area contributed by atoms with Crippen molar-refractivity contribution in [3.8, 4) is 11.1 Å². The molecule has 0 aromatic heterocycles. The monoisotopic (exact) mass is 1560 g/mol. The van der Waals surface area contributed by atoms with Crippen LogP contribution in [0.2, 0.25) is 0 Å². The molecule has 3 N–H and O–H groups in total. The first-order valence-corrected chi connectivity index (χ1v) is 39.1. The van der Waals surface area contributed by atoms with Gasteiger partial charge in [-0.3, -0.25) is 28.9 Å². The van der Waals surface area contributed by atoms with Gasteiger partial charge in [-0.25, -0.2) is 28.8 Å². The molecule has 29 nitrogen and oxygen atoms in total. The van der Waals surface area contributed by atoms with Crippen molar-refractivity contribution in [1.82, 2.24) is 20.4 Å². The number of carboxylic acid groups (broad SMARTS) is 1. The van der Waals surface area contributed by atoms with Crippen molar-refractivity contribution in [3.63, 3.8) is 0 Å². The molecule has 2 aromatic carbocycles. The molecule has 9 aliphatic rings. The Morgan fingerprint density at radius 3 is 1.39 bits per heavy atom. The molecule has 6 fully saturated rings. The van der Waals surface area contributed by atoms with Gasteiger partial charge in [0.15, 0.2) is 45.8 Å². The quantitative estimate of drug-likeness (QED) is 0.0452. The maximum Gasteiger partial charge on any atom is 0.410 e. The van der Waals surface area contributed by atoms with E-state index in [0.717, 1.165) is 60.8 Å². The van der Waals surface area contributed by atoms with Gasteiger partial charge in [0, 0.05) is 85.7 Å². The van der Waals surface area contributed by atoms with Gasteiger partial charge in [-0.15, -0.1) is 0 Å². The fourth-order valence-electron chi connectivity index (χ4n) is 15.8. The standard InChI is InChI=1S/C37H44N2O8.C33H51N3O10.C11H19NO5.CH4/c1-4-10-24(34(44-3)33(41)17-23-15-16-23)18-32(40)31-20-37(19-30(38-47-37)35(42)45-5-2)22-39(31)36(43)46-21-29-27-13-8-6-11-25(27)26-12-7-9-14-28(26)29;1-7-9-21(27(42-6)26(38)14-20-10-11-20)15-25(37)24-17-33(16-23(35-46-33)30(40)44-8-2)19-36(24)29(39)28(32(3,4)5)34-31(41)45-22-12-13-43-18-22;1-11(2,3)8(9(13)14)12-10(15)17-7-4-5-16-6-7;/h6-9,11-14,23-24,29,31,34H,4-5,10,15-22H2,1-3H3;20-22,24,27-28H,7-19H2,1-6H3,(H,34,41);7-8H,4-6H2,1-3H3,(H,12,15)(H,13,14);1H4/t24-,31+,34?,37-;21-,22+,24+,27?,28-,33-;7-,8+;/m110./s1/i;;;1T. The highest BCUT2D eigenvalue weighted by atomic mass is 16.7. The second kappa shape index (κ2) is 39.4. The molecule has 0 radical (unpaired) electrons. The number of carboxylic acids is 1. The molecule has 2 spiro atoms. The van der Waals surface area contributed by atoms with E-state index in [4.69, 9.17) is 58.8 Å². The SMILES string of the molecule is CC(C)(C)[C@H](NC(=O)O[C@H]1CCOC1)C(=O)O.CCC[C@H](CC(=O)[C@@H]1C[C@]2(CC(C(=O)OCC)=NO2)CN1C(=O)OCC1c2ccccc2-c2ccccc21)C(OC)C(=O)CC1CC1.CCC[C@H](CC(=O)[C@@H]1C[C@]2(CC(C(=O)OCC)=NO2)CN1C(=O)[C@@H](NC(=O)O[C@H]1CCOC1)C(C)(C)C)C(OC)C(=O)CC1CC1.[3H]C. The molecule has 2 saturated carbocycles. The smallest absolute Gasteiger partial charge is 0.410 e. The Balaban J connectivity index is 0.000000229. The van der Waals surface area contributed by atoms with Gasteiger partial charge in [-0.05, 0) is 109 Å². The normalized spacial score (nSPS) is 23.9. The van der Waals surface area contributed by atoms with Crippen LogP contribution in [-0.4, -0.2) is 225 Å². The van der Waals surface area contributed by atoms with E-state index in [9.17, 15) is 52.7 Å². The zero-order chi connectivity index (χ0) is 81.8. The summed E-state index contributed by atoms with van der Waals surface area (Å²) >= 11 is 0. The Bertz CT molecular complexity index is 3640. The number of ketones is 4. The van der Waals surface area contributed by atoms with Crippen LogP contribution >= 0.6 is 0 Å². The average molecular weight is 1560 g/mol. The third kappa shape index (κ3) is 23.2. The van der Waals surface area contributed by atoms with Crippen molar-refractivity contribution in [1.29, 1.82) is 0 Å². The second-order valence-electron chi connectivity index (χ2n) is 32.7. The highest BCUT2D eigenvalue weighted by Gasteiger charge is 2.58. The van der Waals surface area contributed by atoms with Crippen LogP contribution in [0.4, 0.5) is 14.4 Å². The number of amides is 4. The summed E-state index contributed by atoms with van der Waals surface area (Å²) in [6.07, 6.45) is 5.40. The van der Waals surface area contributed by atoms with Crippen molar-refractivity contribution in [3.05, 3.63) is 59.7 Å². The number of esters is 2. The molecule has 111 heavy (non-hydrogen) atoms. The van der Waals surface area contributed by atoms with E-state index in [0.29, 0.717) is 70.2 Å². The summed E-state index contributed by atoms with van der Waals surface area (Å²) in [5.41, 5.74) is 1.11. The number of nitrogens with one attached hydrogen (secondary N) is 2. The third-order valence-corrected chi connectivity index (χ3v) is 21.8. The van der Waals surface area contributed by atoms with Gasteiger partial charge < -0.3 is 72.9 Å². The van der Waals surface area contributed by atoms with Crippen molar-refractivity contribution < 1.29 is 112 Å². The summed E-state index contributed by atoms with van der Waals surface area (Å²) in [5.74, 6) is -3.17. The number of hydrogen-bond acceptors (Lipinski definition) is 24. The number of fused-ring (bicyclic) bond motifs is 3. The summed E-state index contributed by atoms with van der Waals surface area (Å²) in [6, 6.07) is 12.4. The predicted octanol–water partition coefficient (Wildman–Crippen LogP) is 10.8. The lowest BCUT2D eigenvalue weighted by molar-refractivity contribution is -0.143. The number of benzene rings is 2. The van der Waals surface area contributed by atoms with Gasteiger partial charge in [0.05, 0.1) is 64.8 Å². The topological polar surface area (TPSA) is 365 Å². The lowest BCUT2D eigenvalue weighted by Crippen LogP contribution is -2.57. The molecule has 4 saturated heterocycles. The average Bonchev–Trinajstić information content (AvgIpc) is 1.04. The number of rotatable bonds is 32. The largest absolute Gasteiger partial charge is 0.480 e. The lowest BCUT2D eigenvalue weighted by atomic mass is 9.84. The fraction of sp³-hybridized carbons (Fsp3) is 0.695. The molecule has 12 atom stereocenters. The number of hydrogen-bond donors (Lipinski definition) is 3. The van der Waals surface area contributed by atoms with Gasteiger partial charge in [-0.2, -0.15) is 0 Å². The van der Waals surface area contributed by atoms with E-state index >= 15 is 0 Å². The summed E-state index contributed by atoms with van der Waals surface area (Å²) < 4.78 is 54.3. The number of methoxy groups -OCH3 is 2. The van der Waals surface area contributed by atoms with Crippen LogP contribution in [0.5, 0.6) is 0 Å². The highest BCUT2D eigenvalue weighted by molar-refractivity contribution is 6.37. The first-order chi connectivity index (χ1) is 53.4. The first-order valence-electron chi connectivity index (χ1n) is 40.1. The fourth-order valence-corrected chi connectivity index (χ4v) is 15.8. The molecule has 3 aliphatic carbocycles. The van der Waals surface area contributed by atoms with E-state index in [1.807, 2.05) is 58.9 Å². The lowest BCUT2D eigenvalue weighted by Gasteiger charge is -2.35. The molecular formula is C82H118N6O23. The van der Waals surface area contributed by atoms with E-state index in [2.05, 4.69) is 45.2 Å². The predicted molar refractivity (Wildman–Crippen MR) is 406 cm³/mol. The van der Waals surface area contributed by atoms with Gasteiger partial charge in [0.1, 0.15) is 43.1 Å². The van der Waals surface area contributed by atoms with Crippen LogP contribution in [0.3, 0.4) is 0 Å². The van der Waals surface area contributed by atoms with Crippen LogP contribution in [-0.2, 0) is 90.7 Å². The van der Waals surface area contributed by atoms with E-state index in [1.165, 1.54) is 31.4 Å². The van der Waals surface area contributed by atoms with Crippen LogP contribution in [0, 0.1) is 34.5 Å². The van der Waals surface area contributed by atoms with Crippen LogP contribution in [0.1, 0.15) is 211 Å². The Morgan fingerprint density at radius 1 is 0.595 bits per heavy atom. The van der Waals surface area contributed by atoms with Gasteiger partial charge >= 0.3 is 36.2 Å². The van der Waals surface area contributed by atoms with Crippen LogP contribution < -0.4 is 10.6 Å². The Kier molecular flexibility index (Phi) is 30.7. The molecule has 614 valence electrons. The van der Waals surface area contributed by atoms with Gasteiger partial charge in [0.25, 0.3) is 0 Å². The van der Waals surface area contributed by atoms with Crippen molar-refractivity contribution in [2.24, 2.45) is 44.8 Å². The number of carbonyl (C=O) groups excluding carboxylic acids is 10. The van der Waals surface area contributed by atoms with Crippen LogP contribution in [0.25, 0.3) is 11.1 Å². The summed E-state index contributed by atoms with van der Waals surface area (Å²) in [5, 5.41) is 22.1. The summed E-state index contributed by atoms with van der Waals surface area (Å²) in [6.45, 7) is 20.3. The minimum Gasteiger partial charge on any atom is -0.480 e. The number of aliphatic carboxylic acids is 1. The number of alkyl carbamates (subject to hydrolysis) is 2. The van der Waals surface area contributed by atoms with Crippen molar-refractivity contribution in [2.75, 3.05) is 73.6 Å². The Labute approximate surface area is 653 Å². The molecule has 6 heterocycles. The number of oxime groups is 2. The van der Waals surface area contributed by atoms with E-state index in [1.54, 1.807) is 34.6 Å². The highest BCUT2D eigenvalue weighted by Crippen LogP contribution is 2.47. The second-order valence-corrected chi connectivity index (χ2v) is 32.7. The Morgan fingerprint density at radius 2 is 1.01 bits per heavy atom. The number of likely N-dealkylation sites (tertiary alicyclic amines) is 2. The molecule has 2 unspecified atom stereocenters. The zero-order valence-corrected chi connectivity index (χ0v) is 66.9. The molecule has 11 rings (SSSR count). The van der Waals surface area contributed by atoms with Crippen molar-refractivity contribution in [2.45, 2.75) is 258 Å². The Hall–Kier alpha value is -8.41. The number of carbonyl (C=O) groups is 11. The number of ether oxygens (including phenoxy) is 9. The first kappa shape index (κ1) is 86.6. The minimum absolute atomic E-state index is 0.00171. The molecule has 0 bridgehead atoms. The molecule has 29 heteroatoms. The molecule has 6 aliphatic heterocycles. The minimum atomic E-state index is -1.12. The van der Waals surface area contributed by atoms with Gasteiger partial charge in [0.2, 0.25) is 5.91 Å². The van der Waals surface area contributed by atoms with Gasteiger partial charge in [-0.1, -0.05) is 134 Å². The van der Waals surface area contributed by atoms with E-state index < -0.39 is 107 Å². The molecule has 2 aromatic rings. The number of Topliss-reactive ketones (excluding diaryl/α,β-unsaturated/α-hetero) is 4.